The zero-order chi connectivity index (χ0) is 14.8. The number of carbonyl (C=O) groups is 1. The van der Waals surface area contributed by atoms with Gasteiger partial charge in [-0.15, -0.1) is 0 Å². The van der Waals surface area contributed by atoms with Crippen molar-refractivity contribution >= 4 is 5.91 Å². The van der Waals surface area contributed by atoms with E-state index in [0.717, 1.165) is 30.6 Å². The second-order valence-corrected chi connectivity index (χ2v) is 5.88. The van der Waals surface area contributed by atoms with Crippen LogP contribution < -0.4 is 0 Å². The van der Waals surface area contributed by atoms with Crippen molar-refractivity contribution in [2.45, 2.75) is 39.2 Å². The number of piperidine rings is 1. The van der Waals surface area contributed by atoms with Crippen molar-refractivity contribution in [3.8, 4) is 11.3 Å². The van der Waals surface area contributed by atoms with E-state index < -0.39 is 0 Å². The van der Waals surface area contributed by atoms with Gasteiger partial charge in [0.05, 0.1) is 5.69 Å². The van der Waals surface area contributed by atoms with Crippen molar-refractivity contribution in [2.24, 2.45) is 0 Å². The molecule has 1 atom stereocenters. The largest absolute Gasteiger partial charge is 0.335 e. The van der Waals surface area contributed by atoms with Crippen molar-refractivity contribution in [3.05, 3.63) is 41.6 Å². The van der Waals surface area contributed by atoms with Crippen LogP contribution in [-0.2, 0) is 0 Å². The molecule has 2 heterocycles. The fraction of sp³-hybridized carbons (Fsp3) is 0.412. The van der Waals surface area contributed by atoms with Crippen LogP contribution in [0.2, 0.25) is 0 Å². The SMILES string of the molecule is Cc1ccc(-c2cc(C(=O)N3CCCC[C@@H]3C)[nH]n2)cc1. The Hall–Kier alpha value is -2.10. The minimum absolute atomic E-state index is 0.0630. The highest BCUT2D eigenvalue weighted by atomic mass is 16.2. The minimum atomic E-state index is 0.0630. The first-order chi connectivity index (χ1) is 10.1. The highest BCUT2D eigenvalue weighted by Gasteiger charge is 2.25. The molecule has 0 aliphatic carbocycles. The fourth-order valence-corrected chi connectivity index (χ4v) is 2.86. The molecule has 4 heteroatoms. The maximum absolute atomic E-state index is 12.6. The molecule has 0 radical (unpaired) electrons. The smallest absolute Gasteiger partial charge is 0.272 e. The number of nitrogens with zero attached hydrogens (tertiary/aromatic N) is 2. The normalized spacial score (nSPS) is 18.8. The number of benzene rings is 1. The van der Waals surface area contributed by atoms with Gasteiger partial charge in [-0.2, -0.15) is 5.10 Å². The Balaban J connectivity index is 1.81. The summed E-state index contributed by atoms with van der Waals surface area (Å²) >= 11 is 0. The third-order valence-corrected chi connectivity index (χ3v) is 4.22. The Labute approximate surface area is 125 Å². The van der Waals surface area contributed by atoms with E-state index in [1.807, 2.05) is 23.1 Å². The van der Waals surface area contributed by atoms with Crippen LogP contribution in [0.3, 0.4) is 0 Å². The summed E-state index contributed by atoms with van der Waals surface area (Å²) in [7, 11) is 0. The van der Waals surface area contributed by atoms with Crippen LogP contribution in [0.4, 0.5) is 0 Å². The number of aromatic amines is 1. The van der Waals surface area contributed by atoms with Crippen LogP contribution in [0.15, 0.2) is 30.3 Å². The summed E-state index contributed by atoms with van der Waals surface area (Å²) in [5, 5.41) is 7.18. The summed E-state index contributed by atoms with van der Waals surface area (Å²) in [6.07, 6.45) is 3.39. The molecule has 1 saturated heterocycles. The van der Waals surface area contributed by atoms with Gasteiger partial charge in [0.15, 0.2) is 0 Å². The monoisotopic (exact) mass is 283 g/mol. The van der Waals surface area contributed by atoms with E-state index >= 15 is 0 Å². The van der Waals surface area contributed by atoms with Crippen molar-refractivity contribution in [1.82, 2.24) is 15.1 Å². The average molecular weight is 283 g/mol. The summed E-state index contributed by atoms with van der Waals surface area (Å²) in [5.74, 6) is 0.0630. The molecule has 1 aromatic carbocycles. The lowest BCUT2D eigenvalue weighted by molar-refractivity contribution is 0.0629. The Bertz CT molecular complexity index is 630. The third kappa shape index (κ3) is 2.84. The first-order valence-corrected chi connectivity index (χ1v) is 7.58. The summed E-state index contributed by atoms with van der Waals surface area (Å²) in [6.45, 7) is 5.02. The van der Waals surface area contributed by atoms with Crippen LogP contribution in [0, 0.1) is 6.92 Å². The molecule has 1 aliphatic heterocycles. The Morgan fingerprint density at radius 2 is 2.05 bits per heavy atom. The highest BCUT2D eigenvalue weighted by Crippen LogP contribution is 2.22. The maximum Gasteiger partial charge on any atom is 0.272 e. The number of hydrogen-bond donors (Lipinski definition) is 1. The molecule has 21 heavy (non-hydrogen) atoms. The number of H-pyrrole nitrogens is 1. The lowest BCUT2D eigenvalue weighted by atomic mass is 10.0. The van der Waals surface area contributed by atoms with Gasteiger partial charge in [0, 0.05) is 18.2 Å². The molecule has 0 saturated carbocycles. The van der Waals surface area contributed by atoms with Gasteiger partial charge in [-0.1, -0.05) is 29.8 Å². The Kier molecular flexibility index (Phi) is 3.78. The predicted molar refractivity (Wildman–Crippen MR) is 83.1 cm³/mol. The number of aromatic nitrogens is 2. The number of nitrogens with one attached hydrogen (secondary N) is 1. The molecular formula is C17H21N3O. The molecular weight excluding hydrogens is 262 g/mol. The Morgan fingerprint density at radius 3 is 2.76 bits per heavy atom. The van der Waals surface area contributed by atoms with Gasteiger partial charge in [0.25, 0.3) is 5.91 Å². The van der Waals surface area contributed by atoms with Crippen LogP contribution in [0.25, 0.3) is 11.3 Å². The number of likely N-dealkylation sites (tertiary alicyclic amines) is 1. The molecule has 1 amide bonds. The number of hydrogen-bond acceptors (Lipinski definition) is 2. The van der Waals surface area contributed by atoms with E-state index in [2.05, 4.69) is 36.2 Å². The van der Waals surface area contributed by atoms with Crippen LogP contribution in [0.1, 0.15) is 42.2 Å². The standard InChI is InChI=1S/C17H21N3O/c1-12-6-8-14(9-7-12)15-11-16(19-18-15)17(21)20-10-4-3-5-13(20)2/h6-9,11,13H,3-5,10H2,1-2H3,(H,18,19)/t13-/m0/s1. The molecule has 0 bridgehead atoms. The van der Waals surface area contributed by atoms with E-state index in [1.165, 1.54) is 12.0 Å². The van der Waals surface area contributed by atoms with Gasteiger partial charge in [-0.25, -0.2) is 0 Å². The quantitative estimate of drug-likeness (QED) is 0.918. The van der Waals surface area contributed by atoms with E-state index in [4.69, 9.17) is 0 Å². The molecule has 1 N–H and O–H groups in total. The number of amides is 1. The van der Waals surface area contributed by atoms with Gasteiger partial charge in [-0.3, -0.25) is 9.89 Å². The van der Waals surface area contributed by atoms with E-state index in [9.17, 15) is 4.79 Å². The van der Waals surface area contributed by atoms with Crippen molar-refractivity contribution in [1.29, 1.82) is 0 Å². The molecule has 1 fully saturated rings. The van der Waals surface area contributed by atoms with E-state index in [0.29, 0.717) is 11.7 Å². The van der Waals surface area contributed by atoms with Crippen molar-refractivity contribution < 1.29 is 4.79 Å². The van der Waals surface area contributed by atoms with Gasteiger partial charge in [0.1, 0.15) is 5.69 Å². The summed E-state index contributed by atoms with van der Waals surface area (Å²) in [5.41, 5.74) is 3.65. The first-order valence-electron chi connectivity index (χ1n) is 7.58. The van der Waals surface area contributed by atoms with Gasteiger partial charge < -0.3 is 4.90 Å². The lowest BCUT2D eigenvalue weighted by Crippen LogP contribution is -2.42. The van der Waals surface area contributed by atoms with Crippen LogP contribution >= 0.6 is 0 Å². The summed E-state index contributed by atoms with van der Waals surface area (Å²) in [6, 6.07) is 10.3. The maximum atomic E-state index is 12.6. The zero-order valence-corrected chi connectivity index (χ0v) is 12.6. The molecule has 0 spiro atoms. The molecule has 3 rings (SSSR count). The highest BCUT2D eigenvalue weighted by molar-refractivity contribution is 5.93. The van der Waals surface area contributed by atoms with Crippen LogP contribution in [-0.4, -0.2) is 33.6 Å². The molecule has 4 nitrogen and oxygen atoms in total. The second kappa shape index (κ2) is 5.72. The second-order valence-electron chi connectivity index (χ2n) is 5.88. The topological polar surface area (TPSA) is 49.0 Å². The van der Waals surface area contributed by atoms with Crippen molar-refractivity contribution in [3.63, 3.8) is 0 Å². The molecule has 1 aromatic heterocycles. The number of aryl methyl sites for hydroxylation is 1. The number of rotatable bonds is 2. The Morgan fingerprint density at radius 1 is 1.29 bits per heavy atom. The molecule has 110 valence electrons. The van der Waals surface area contributed by atoms with Gasteiger partial charge in [-0.05, 0) is 39.2 Å². The summed E-state index contributed by atoms with van der Waals surface area (Å²) < 4.78 is 0. The lowest BCUT2D eigenvalue weighted by Gasteiger charge is -2.32. The molecule has 1 aliphatic rings. The van der Waals surface area contributed by atoms with E-state index in [1.54, 1.807) is 0 Å². The summed E-state index contributed by atoms with van der Waals surface area (Å²) in [4.78, 5) is 14.5. The zero-order valence-electron chi connectivity index (χ0n) is 12.6. The van der Waals surface area contributed by atoms with Gasteiger partial charge in [0.2, 0.25) is 0 Å². The molecule has 0 unspecified atom stereocenters. The van der Waals surface area contributed by atoms with Gasteiger partial charge >= 0.3 is 0 Å². The average Bonchev–Trinajstić information content (AvgIpc) is 2.98. The first kappa shape index (κ1) is 13.9. The fourth-order valence-electron chi connectivity index (χ4n) is 2.86. The minimum Gasteiger partial charge on any atom is -0.335 e. The number of carbonyl (C=O) groups excluding carboxylic acids is 1. The van der Waals surface area contributed by atoms with Crippen LogP contribution in [0.5, 0.6) is 0 Å². The van der Waals surface area contributed by atoms with Crippen molar-refractivity contribution in [2.75, 3.05) is 6.54 Å². The molecule has 2 aromatic rings. The third-order valence-electron chi connectivity index (χ3n) is 4.22. The van der Waals surface area contributed by atoms with E-state index in [-0.39, 0.29) is 5.91 Å². The predicted octanol–water partition coefficient (Wildman–Crippen LogP) is 3.40.